The molecule has 4 nitrogen and oxygen atoms in total. The number of fused-ring (bicyclic) bond motifs is 4. The van der Waals surface area contributed by atoms with Gasteiger partial charge in [-0.05, 0) is 12.1 Å². The molecule has 1 aromatic carbocycles. The number of aromatic nitrogens is 2. The Hall–Kier alpha value is -2.82. The molecule has 0 atom stereocenters. The summed E-state index contributed by atoms with van der Waals surface area (Å²) in [5, 5.41) is 0. The van der Waals surface area contributed by atoms with E-state index in [-0.39, 0.29) is 23.0 Å². The predicted molar refractivity (Wildman–Crippen MR) is 68.5 cm³/mol. The Morgan fingerprint density at radius 2 is 1.65 bits per heavy atom. The maximum Gasteiger partial charge on any atom is 0.214 e. The summed E-state index contributed by atoms with van der Waals surface area (Å²) in [4.78, 5) is 29.0. The van der Waals surface area contributed by atoms with Crippen LogP contribution in [0.3, 0.4) is 0 Å². The number of ketones is 2. The smallest absolute Gasteiger partial charge is 0.214 e. The summed E-state index contributed by atoms with van der Waals surface area (Å²) in [6.07, 6.45) is 1.17. The number of rotatable bonds is 0. The number of nitrogens with zero attached hydrogens (tertiary/aromatic N) is 2. The first-order valence-corrected chi connectivity index (χ1v) is 6.03. The van der Waals surface area contributed by atoms with E-state index in [1.807, 2.05) is 0 Å². The third-order valence-corrected chi connectivity index (χ3v) is 3.43. The Bertz CT molecular complexity index is 911. The number of hydrogen-bond acceptors (Lipinski definition) is 3. The van der Waals surface area contributed by atoms with Crippen molar-refractivity contribution in [3.63, 3.8) is 0 Å². The van der Waals surface area contributed by atoms with E-state index in [1.165, 1.54) is 22.7 Å². The van der Waals surface area contributed by atoms with Crippen LogP contribution in [0.4, 0.5) is 4.39 Å². The molecule has 0 aliphatic heterocycles. The van der Waals surface area contributed by atoms with Gasteiger partial charge in [0.25, 0.3) is 0 Å². The normalized spacial score (nSPS) is 13.4. The third-order valence-electron chi connectivity index (χ3n) is 3.43. The molecule has 20 heavy (non-hydrogen) atoms. The van der Waals surface area contributed by atoms with E-state index >= 15 is 0 Å². The van der Waals surface area contributed by atoms with E-state index < -0.39 is 5.82 Å². The zero-order valence-electron chi connectivity index (χ0n) is 10.1. The van der Waals surface area contributed by atoms with Gasteiger partial charge in [-0.3, -0.25) is 14.0 Å². The van der Waals surface area contributed by atoms with Crippen LogP contribution in [0.2, 0.25) is 0 Å². The number of imidazole rings is 1. The molecule has 0 amide bonds. The molecular formula is C15H7FN2O2. The fourth-order valence-electron chi connectivity index (χ4n) is 2.53. The van der Waals surface area contributed by atoms with Gasteiger partial charge in [-0.15, -0.1) is 0 Å². The van der Waals surface area contributed by atoms with Crippen LogP contribution in [0.25, 0.3) is 5.65 Å². The molecule has 0 saturated carbocycles. The van der Waals surface area contributed by atoms with Crippen LogP contribution in [-0.4, -0.2) is 21.0 Å². The fraction of sp³-hybridized carbons (Fsp3) is 0. The van der Waals surface area contributed by atoms with Gasteiger partial charge in [-0.2, -0.15) is 0 Å². The van der Waals surface area contributed by atoms with Gasteiger partial charge in [0, 0.05) is 17.3 Å². The second-order valence-corrected chi connectivity index (χ2v) is 4.59. The molecule has 0 spiro atoms. The van der Waals surface area contributed by atoms with E-state index in [4.69, 9.17) is 0 Å². The predicted octanol–water partition coefficient (Wildman–Crippen LogP) is 2.25. The van der Waals surface area contributed by atoms with E-state index in [1.54, 1.807) is 24.3 Å². The molecule has 2 heterocycles. The minimum atomic E-state index is -0.489. The number of hydrogen-bond donors (Lipinski definition) is 0. The molecule has 1 aliphatic rings. The molecule has 1 aliphatic carbocycles. The highest BCUT2D eigenvalue weighted by atomic mass is 19.1. The van der Waals surface area contributed by atoms with Crippen molar-refractivity contribution in [2.45, 2.75) is 0 Å². The van der Waals surface area contributed by atoms with Gasteiger partial charge in [-0.1, -0.05) is 24.3 Å². The molecule has 0 saturated heterocycles. The summed E-state index contributed by atoms with van der Waals surface area (Å²) in [7, 11) is 0. The number of carbonyl (C=O) groups excluding carboxylic acids is 2. The molecule has 5 heteroatoms. The molecule has 0 bridgehead atoms. The summed E-state index contributed by atoms with van der Waals surface area (Å²) in [5.74, 6) is -1.11. The van der Waals surface area contributed by atoms with Crippen LogP contribution in [0.5, 0.6) is 0 Å². The second kappa shape index (κ2) is 3.60. The molecule has 2 aromatic heterocycles. The summed E-state index contributed by atoms with van der Waals surface area (Å²) in [5.41, 5.74) is 1.26. The Labute approximate surface area is 112 Å². The van der Waals surface area contributed by atoms with Crippen molar-refractivity contribution in [2.75, 3.05) is 0 Å². The average molecular weight is 266 g/mol. The summed E-state index contributed by atoms with van der Waals surface area (Å²) < 4.78 is 14.7. The maximum atomic E-state index is 13.4. The molecular weight excluding hydrogens is 259 g/mol. The average Bonchev–Trinajstić information content (AvgIpc) is 2.84. The monoisotopic (exact) mass is 266 g/mol. The summed E-state index contributed by atoms with van der Waals surface area (Å²) in [6.45, 7) is 0. The van der Waals surface area contributed by atoms with Gasteiger partial charge in [0.1, 0.15) is 22.9 Å². The van der Waals surface area contributed by atoms with Crippen molar-refractivity contribution in [3.05, 3.63) is 70.9 Å². The fourth-order valence-corrected chi connectivity index (χ4v) is 2.53. The lowest BCUT2D eigenvalue weighted by Crippen LogP contribution is -2.21. The van der Waals surface area contributed by atoms with Crippen LogP contribution in [0, 0.1) is 5.82 Å². The van der Waals surface area contributed by atoms with E-state index in [0.717, 1.165) is 0 Å². The zero-order valence-corrected chi connectivity index (χ0v) is 10.1. The minimum absolute atomic E-state index is 0.0827. The van der Waals surface area contributed by atoms with Gasteiger partial charge in [0.15, 0.2) is 0 Å². The quantitative estimate of drug-likeness (QED) is 0.490. The minimum Gasteiger partial charge on any atom is -0.293 e. The van der Waals surface area contributed by atoms with Crippen LogP contribution >= 0.6 is 0 Å². The lowest BCUT2D eigenvalue weighted by molar-refractivity contribution is 0.0973. The Kier molecular flexibility index (Phi) is 1.99. The molecule has 0 unspecified atom stereocenters. The van der Waals surface area contributed by atoms with Crippen molar-refractivity contribution in [2.24, 2.45) is 0 Å². The number of pyridine rings is 1. The first kappa shape index (κ1) is 11.0. The number of halogens is 1. The SMILES string of the molecule is O=C1c2ccccc2C(=O)c2c1nc1ccc(F)cn21. The van der Waals surface area contributed by atoms with Crippen LogP contribution in [0.1, 0.15) is 32.1 Å². The van der Waals surface area contributed by atoms with Crippen molar-refractivity contribution < 1.29 is 14.0 Å². The van der Waals surface area contributed by atoms with Gasteiger partial charge in [-0.25, -0.2) is 9.37 Å². The first-order valence-electron chi connectivity index (χ1n) is 6.03. The summed E-state index contributed by atoms with van der Waals surface area (Å²) in [6, 6.07) is 9.28. The van der Waals surface area contributed by atoms with E-state index in [2.05, 4.69) is 4.98 Å². The van der Waals surface area contributed by atoms with Gasteiger partial charge >= 0.3 is 0 Å². The van der Waals surface area contributed by atoms with Crippen LogP contribution in [-0.2, 0) is 0 Å². The number of carbonyl (C=O) groups is 2. The molecule has 0 radical (unpaired) electrons. The lowest BCUT2D eigenvalue weighted by atomic mass is 9.90. The highest BCUT2D eigenvalue weighted by Gasteiger charge is 2.33. The standard InChI is InChI=1S/C15H7FN2O2/c16-8-5-6-11-17-12-13(18(11)7-8)15(20)10-4-2-1-3-9(10)14(12)19/h1-7H. The van der Waals surface area contributed by atoms with Crippen LogP contribution in [0.15, 0.2) is 42.6 Å². The highest BCUT2D eigenvalue weighted by Crippen LogP contribution is 2.27. The Balaban J connectivity index is 2.12. The van der Waals surface area contributed by atoms with E-state index in [0.29, 0.717) is 16.8 Å². The lowest BCUT2D eigenvalue weighted by Gasteiger charge is -2.13. The summed E-state index contributed by atoms with van der Waals surface area (Å²) >= 11 is 0. The van der Waals surface area contributed by atoms with Crippen molar-refractivity contribution in [3.8, 4) is 0 Å². The first-order chi connectivity index (χ1) is 9.66. The van der Waals surface area contributed by atoms with Crippen molar-refractivity contribution >= 4 is 17.2 Å². The second-order valence-electron chi connectivity index (χ2n) is 4.59. The topological polar surface area (TPSA) is 51.4 Å². The van der Waals surface area contributed by atoms with E-state index in [9.17, 15) is 14.0 Å². The van der Waals surface area contributed by atoms with Crippen molar-refractivity contribution in [1.82, 2.24) is 9.38 Å². The molecule has 3 aromatic rings. The van der Waals surface area contributed by atoms with Gasteiger partial charge in [0.2, 0.25) is 11.6 Å². The molecule has 4 rings (SSSR count). The largest absolute Gasteiger partial charge is 0.293 e. The van der Waals surface area contributed by atoms with Crippen molar-refractivity contribution in [1.29, 1.82) is 0 Å². The highest BCUT2D eigenvalue weighted by molar-refractivity contribution is 6.27. The van der Waals surface area contributed by atoms with Gasteiger partial charge < -0.3 is 0 Å². The Morgan fingerprint density at radius 3 is 2.40 bits per heavy atom. The number of benzene rings is 1. The van der Waals surface area contributed by atoms with Gasteiger partial charge in [0.05, 0.1) is 0 Å². The third kappa shape index (κ3) is 1.26. The zero-order chi connectivity index (χ0) is 13.9. The molecule has 96 valence electrons. The maximum absolute atomic E-state index is 13.4. The molecule has 0 fully saturated rings. The molecule has 0 N–H and O–H groups in total. The Morgan fingerprint density at radius 1 is 0.950 bits per heavy atom. The van der Waals surface area contributed by atoms with Crippen LogP contribution < -0.4 is 0 Å².